The highest BCUT2D eigenvalue weighted by Crippen LogP contribution is 2.24. The largest absolute Gasteiger partial charge is 0.481 e. The fourth-order valence-electron chi connectivity index (χ4n) is 2.84. The van der Waals surface area contributed by atoms with E-state index in [1.807, 2.05) is 0 Å². The first-order chi connectivity index (χ1) is 11.0. The van der Waals surface area contributed by atoms with Gasteiger partial charge in [-0.05, 0) is 30.2 Å². The van der Waals surface area contributed by atoms with Crippen molar-refractivity contribution in [3.63, 3.8) is 0 Å². The fourth-order valence-corrected chi connectivity index (χ4v) is 2.84. The highest BCUT2D eigenvalue weighted by Gasteiger charge is 2.37. The van der Waals surface area contributed by atoms with Gasteiger partial charge in [-0.2, -0.15) is 0 Å². The zero-order chi connectivity index (χ0) is 16.6. The lowest BCUT2D eigenvalue weighted by atomic mass is 9.99. The minimum Gasteiger partial charge on any atom is -0.481 e. The molecule has 1 saturated heterocycles. The second-order valence-corrected chi connectivity index (χ2v) is 5.72. The maximum atomic E-state index is 12.5. The molecular weight excluding hydrogens is 300 g/mol. The van der Waals surface area contributed by atoms with Gasteiger partial charge in [0.2, 0.25) is 0 Å². The summed E-state index contributed by atoms with van der Waals surface area (Å²) in [4.78, 5) is 39.8. The summed E-state index contributed by atoms with van der Waals surface area (Å²) in [5.74, 6) is -1.61. The number of carbonyl (C=O) groups is 2. The molecule has 2 aromatic heterocycles. The minimum absolute atomic E-state index is 0.00135. The van der Waals surface area contributed by atoms with Crippen LogP contribution in [0.2, 0.25) is 0 Å². The number of carboxylic acids is 1. The molecule has 1 amide bonds. The SMILES string of the molecule is C[C@@H]1CN(C(=O)c2ccc(-c3ccco3)[nH]c2=O)C[C@H]1C(=O)O. The molecule has 0 radical (unpaired) electrons. The number of aromatic amines is 1. The number of amides is 1. The van der Waals surface area contributed by atoms with Gasteiger partial charge in [0.05, 0.1) is 17.9 Å². The summed E-state index contributed by atoms with van der Waals surface area (Å²) < 4.78 is 5.20. The third kappa shape index (κ3) is 2.77. The Kier molecular flexibility index (Phi) is 3.77. The number of nitrogens with zero attached hydrogens (tertiary/aromatic N) is 1. The molecule has 2 N–H and O–H groups in total. The number of rotatable bonds is 3. The predicted octanol–water partition coefficient (Wildman–Crippen LogP) is 1.43. The van der Waals surface area contributed by atoms with Crippen LogP contribution >= 0.6 is 0 Å². The molecule has 1 fully saturated rings. The van der Waals surface area contributed by atoms with Gasteiger partial charge in [-0.3, -0.25) is 14.4 Å². The smallest absolute Gasteiger partial charge is 0.308 e. The minimum atomic E-state index is -0.921. The summed E-state index contributed by atoms with van der Waals surface area (Å²) in [6.07, 6.45) is 1.49. The second kappa shape index (κ2) is 5.75. The number of furan rings is 1. The van der Waals surface area contributed by atoms with Gasteiger partial charge in [-0.1, -0.05) is 6.92 Å². The Morgan fingerprint density at radius 2 is 2.09 bits per heavy atom. The van der Waals surface area contributed by atoms with Gasteiger partial charge in [0.1, 0.15) is 11.3 Å². The molecule has 3 heterocycles. The third-order valence-electron chi connectivity index (χ3n) is 4.14. The van der Waals surface area contributed by atoms with Crippen molar-refractivity contribution in [2.45, 2.75) is 6.92 Å². The molecule has 7 heteroatoms. The average molecular weight is 316 g/mol. The van der Waals surface area contributed by atoms with Gasteiger partial charge in [0.15, 0.2) is 0 Å². The molecule has 0 unspecified atom stereocenters. The molecule has 0 aromatic carbocycles. The molecular formula is C16H16N2O5. The Morgan fingerprint density at radius 1 is 1.30 bits per heavy atom. The van der Waals surface area contributed by atoms with Crippen LogP contribution in [0.1, 0.15) is 17.3 Å². The number of nitrogens with one attached hydrogen (secondary N) is 1. The van der Waals surface area contributed by atoms with Crippen molar-refractivity contribution in [1.29, 1.82) is 0 Å². The number of carboxylic acid groups (broad SMARTS) is 1. The molecule has 7 nitrogen and oxygen atoms in total. The van der Waals surface area contributed by atoms with E-state index in [4.69, 9.17) is 9.52 Å². The van der Waals surface area contributed by atoms with Gasteiger partial charge in [0.25, 0.3) is 11.5 Å². The molecule has 2 atom stereocenters. The Bertz CT molecular complexity index is 793. The van der Waals surface area contributed by atoms with Gasteiger partial charge in [-0.15, -0.1) is 0 Å². The highest BCUT2D eigenvalue weighted by molar-refractivity contribution is 5.94. The van der Waals surface area contributed by atoms with Crippen LogP contribution in [0, 0.1) is 11.8 Å². The number of aliphatic carboxylic acids is 1. The Morgan fingerprint density at radius 3 is 2.65 bits per heavy atom. The van der Waals surface area contributed by atoms with Crippen LogP contribution in [0.4, 0.5) is 0 Å². The van der Waals surface area contributed by atoms with Crippen molar-refractivity contribution in [2.75, 3.05) is 13.1 Å². The van der Waals surface area contributed by atoms with E-state index >= 15 is 0 Å². The van der Waals surface area contributed by atoms with Gasteiger partial charge in [-0.25, -0.2) is 0 Å². The van der Waals surface area contributed by atoms with Crippen LogP contribution in [0.5, 0.6) is 0 Å². The van der Waals surface area contributed by atoms with Crippen molar-refractivity contribution in [3.8, 4) is 11.5 Å². The molecule has 1 aliphatic heterocycles. The van der Waals surface area contributed by atoms with Crippen LogP contribution in [0.25, 0.3) is 11.5 Å². The van der Waals surface area contributed by atoms with E-state index in [0.717, 1.165) is 0 Å². The van der Waals surface area contributed by atoms with E-state index in [-0.39, 0.29) is 18.0 Å². The first-order valence-electron chi connectivity index (χ1n) is 7.26. The van der Waals surface area contributed by atoms with Crippen molar-refractivity contribution >= 4 is 11.9 Å². The number of likely N-dealkylation sites (tertiary alicyclic amines) is 1. The molecule has 0 aliphatic carbocycles. The number of aromatic nitrogens is 1. The quantitative estimate of drug-likeness (QED) is 0.891. The van der Waals surface area contributed by atoms with Crippen LogP contribution in [-0.4, -0.2) is 40.0 Å². The summed E-state index contributed by atoms with van der Waals surface area (Å²) in [6.45, 7) is 2.24. The molecule has 0 bridgehead atoms. The molecule has 0 saturated carbocycles. The van der Waals surface area contributed by atoms with Gasteiger partial charge in [0, 0.05) is 13.1 Å². The first-order valence-corrected chi connectivity index (χ1v) is 7.26. The first kappa shape index (κ1) is 15.1. The lowest BCUT2D eigenvalue weighted by molar-refractivity contribution is -0.142. The molecule has 1 aliphatic rings. The van der Waals surface area contributed by atoms with E-state index in [1.165, 1.54) is 17.2 Å². The lowest BCUT2D eigenvalue weighted by Gasteiger charge is -2.15. The van der Waals surface area contributed by atoms with E-state index in [1.54, 1.807) is 25.1 Å². The van der Waals surface area contributed by atoms with Gasteiger partial charge >= 0.3 is 5.97 Å². The number of hydrogen-bond donors (Lipinski definition) is 2. The molecule has 120 valence electrons. The normalized spacial score (nSPS) is 20.7. The van der Waals surface area contributed by atoms with Crippen LogP contribution in [0.3, 0.4) is 0 Å². The summed E-state index contributed by atoms with van der Waals surface area (Å²) in [5.41, 5.74) is -0.0383. The van der Waals surface area contributed by atoms with Gasteiger partial charge < -0.3 is 19.4 Å². The van der Waals surface area contributed by atoms with Crippen molar-refractivity contribution < 1.29 is 19.1 Å². The number of carbonyl (C=O) groups excluding carboxylic acids is 1. The number of hydrogen-bond acceptors (Lipinski definition) is 4. The lowest BCUT2D eigenvalue weighted by Crippen LogP contribution is -2.33. The summed E-state index contributed by atoms with van der Waals surface area (Å²) >= 11 is 0. The Hall–Kier alpha value is -2.83. The van der Waals surface area contributed by atoms with E-state index in [9.17, 15) is 14.4 Å². The monoisotopic (exact) mass is 316 g/mol. The Labute approximate surface area is 131 Å². The maximum Gasteiger partial charge on any atom is 0.308 e. The summed E-state index contributed by atoms with van der Waals surface area (Å²) in [5, 5.41) is 9.13. The third-order valence-corrected chi connectivity index (χ3v) is 4.14. The van der Waals surface area contributed by atoms with Crippen LogP contribution < -0.4 is 5.56 Å². The van der Waals surface area contributed by atoms with Crippen molar-refractivity contribution in [3.05, 3.63) is 46.4 Å². The van der Waals surface area contributed by atoms with E-state index in [0.29, 0.717) is 18.0 Å². The Balaban J connectivity index is 1.84. The van der Waals surface area contributed by atoms with Crippen LogP contribution in [-0.2, 0) is 4.79 Å². The fraction of sp³-hybridized carbons (Fsp3) is 0.312. The number of H-pyrrole nitrogens is 1. The molecule has 3 rings (SSSR count). The van der Waals surface area contributed by atoms with Crippen molar-refractivity contribution in [1.82, 2.24) is 9.88 Å². The van der Waals surface area contributed by atoms with E-state index in [2.05, 4.69) is 4.98 Å². The maximum absolute atomic E-state index is 12.5. The topological polar surface area (TPSA) is 104 Å². The summed E-state index contributed by atoms with van der Waals surface area (Å²) in [7, 11) is 0. The molecule has 2 aromatic rings. The average Bonchev–Trinajstić information content (AvgIpc) is 3.15. The van der Waals surface area contributed by atoms with Crippen molar-refractivity contribution in [2.24, 2.45) is 11.8 Å². The molecule has 0 spiro atoms. The molecule has 23 heavy (non-hydrogen) atoms. The summed E-state index contributed by atoms with van der Waals surface area (Å²) in [6, 6.07) is 6.44. The predicted molar refractivity (Wildman–Crippen MR) is 81.0 cm³/mol. The standard InChI is InChI=1S/C16H16N2O5/c1-9-7-18(8-11(9)16(21)22)15(20)10-4-5-12(17-14(10)19)13-3-2-6-23-13/h2-6,9,11H,7-8H2,1H3,(H,17,19)(H,21,22)/t9-,11-/m1/s1. The van der Waals surface area contributed by atoms with E-state index < -0.39 is 23.4 Å². The zero-order valence-corrected chi connectivity index (χ0v) is 12.5. The highest BCUT2D eigenvalue weighted by atomic mass is 16.4. The van der Waals surface area contributed by atoms with Crippen LogP contribution in [0.15, 0.2) is 39.7 Å². The number of pyridine rings is 1. The zero-order valence-electron chi connectivity index (χ0n) is 12.5. The second-order valence-electron chi connectivity index (χ2n) is 5.72.